The maximum Gasteiger partial charge on any atom is 0.233 e. The lowest BCUT2D eigenvalue weighted by Gasteiger charge is -2.37. The highest BCUT2D eigenvalue weighted by Crippen LogP contribution is 2.26. The number of rotatable bonds is 2. The van der Waals surface area contributed by atoms with E-state index in [1.165, 1.54) is 0 Å². The fourth-order valence-corrected chi connectivity index (χ4v) is 2.64. The molecule has 0 aliphatic carbocycles. The smallest absolute Gasteiger partial charge is 0.233 e. The van der Waals surface area contributed by atoms with Crippen LogP contribution in [0, 0.1) is 5.92 Å². The lowest BCUT2D eigenvalue weighted by Crippen LogP contribution is -2.50. The average Bonchev–Trinajstić information content (AvgIpc) is 2.24. The lowest BCUT2D eigenvalue weighted by atomic mass is 9.93. The van der Waals surface area contributed by atoms with Crippen LogP contribution in [-0.2, 0) is 4.79 Å². The first kappa shape index (κ1) is 10.9. The number of carbonyl (C=O) groups excluding carboxylic acids is 1. The molecule has 2 aliphatic rings. The van der Waals surface area contributed by atoms with Gasteiger partial charge in [-0.3, -0.25) is 9.79 Å². The van der Waals surface area contributed by atoms with Crippen LogP contribution in [0.5, 0.6) is 0 Å². The van der Waals surface area contributed by atoms with Crippen LogP contribution in [-0.4, -0.2) is 35.1 Å². The number of halogens is 1. The molecule has 2 rings (SSSR count). The molecule has 1 amide bonds. The molecule has 84 valence electrons. The van der Waals surface area contributed by atoms with Crippen LogP contribution in [0.2, 0.25) is 0 Å². The van der Waals surface area contributed by atoms with Gasteiger partial charge in [0.05, 0.1) is 12.0 Å². The molecule has 3 nitrogen and oxygen atoms in total. The largest absolute Gasteiger partial charge is 0.300 e. The molecule has 1 fully saturated rings. The van der Waals surface area contributed by atoms with Crippen LogP contribution in [0.3, 0.4) is 0 Å². The Morgan fingerprint density at radius 3 is 3.07 bits per heavy atom. The number of amidine groups is 1. The Hall–Kier alpha value is -0.570. The molecule has 0 spiro atoms. The van der Waals surface area contributed by atoms with Gasteiger partial charge in [-0.15, -0.1) is 11.6 Å². The highest BCUT2D eigenvalue weighted by molar-refractivity contribution is 6.18. The minimum absolute atomic E-state index is 0.00403. The highest BCUT2D eigenvalue weighted by atomic mass is 35.5. The summed E-state index contributed by atoms with van der Waals surface area (Å²) in [6, 6.07) is 0.112. The maximum atomic E-state index is 12.1. The number of nitrogens with zero attached hydrogens (tertiary/aromatic N) is 2. The standard InChI is InChI=1S/C11H17ClN2O/c1-8-9(5-6-12)11(15)14-7-3-2-4-10(14)13-8/h8-9H,2-7H2,1H3/t8-,9-/m1/s1. The molecule has 0 aromatic heterocycles. The first-order valence-corrected chi connectivity index (χ1v) is 6.21. The summed E-state index contributed by atoms with van der Waals surface area (Å²) in [6.45, 7) is 2.87. The van der Waals surface area contributed by atoms with Gasteiger partial charge in [-0.2, -0.15) is 0 Å². The van der Waals surface area contributed by atoms with E-state index in [9.17, 15) is 4.79 Å². The molecule has 0 saturated carbocycles. The van der Waals surface area contributed by atoms with Gasteiger partial charge in [-0.05, 0) is 26.2 Å². The zero-order valence-corrected chi connectivity index (χ0v) is 9.83. The predicted molar refractivity (Wildman–Crippen MR) is 61.3 cm³/mol. The third-order valence-corrected chi connectivity index (χ3v) is 3.50. The molecule has 0 aromatic rings. The minimum atomic E-state index is 0.00403. The molecule has 0 unspecified atom stereocenters. The molecule has 2 heterocycles. The van der Waals surface area contributed by atoms with Gasteiger partial charge in [0, 0.05) is 18.8 Å². The Labute approximate surface area is 95.5 Å². The zero-order valence-electron chi connectivity index (χ0n) is 9.08. The second kappa shape index (κ2) is 4.52. The van der Waals surface area contributed by atoms with Gasteiger partial charge < -0.3 is 4.90 Å². The quantitative estimate of drug-likeness (QED) is 0.666. The monoisotopic (exact) mass is 228 g/mol. The van der Waals surface area contributed by atoms with Crippen molar-refractivity contribution in [2.45, 2.75) is 38.6 Å². The number of hydrogen-bond acceptors (Lipinski definition) is 2. The topological polar surface area (TPSA) is 32.7 Å². The summed E-state index contributed by atoms with van der Waals surface area (Å²) >= 11 is 5.72. The number of alkyl halides is 1. The first-order valence-electron chi connectivity index (χ1n) is 5.68. The van der Waals surface area contributed by atoms with E-state index in [0.717, 1.165) is 38.1 Å². The molecule has 2 aliphatic heterocycles. The third kappa shape index (κ3) is 2.03. The van der Waals surface area contributed by atoms with Gasteiger partial charge >= 0.3 is 0 Å². The Kier molecular flexibility index (Phi) is 3.29. The number of fused-ring (bicyclic) bond motifs is 1. The van der Waals surface area contributed by atoms with Crippen LogP contribution in [0.25, 0.3) is 0 Å². The molecule has 0 aromatic carbocycles. The van der Waals surface area contributed by atoms with Crippen molar-refractivity contribution < 1.29 is 4.79 Å². The van der Waals surface area contributed by atoms with Crippen LogP contribution < -0.4 is 0 Å². The summed E-state index contributed by atoms with van der Waals surface area (Å²) in [6.07, 6.45) is 3.97. The van der Waals surface area contributed by atoms with E-state index in [2.05, 4.69) is 4.99 Å². The van der Waals surface area contributed by atoms with Gasteiger partial charge in [0.15, 0.2) is 0 Å². The lowest BCUT2D eigenvalue weighted by molar-refractivity contribution is -0.133. The van der Waals surface area contributed by atoms with E-state index in [-0.39, 0.29) is 17.9 Å². The maximum absolute atomic E-state index is 12.1. The Morgan fingerprint density at radius 1 is 1.53 bits per heavy atom. The van der Waals surface area contributed by atoms with Gasteiger partial charge in [0.25, 0.3) is 0 Å². The van der Waals surface area contributed by atoms with Gasteiger partial charge in [-0.1, -0.05) is 0 Å². The van der Waals surface area contributed by atoms with E-state index >= 15 is 0 Å². The molecule has 1 saturated heterocycles. The highest BCUT2D eigenvalue weighted by Gasteiger charge is 2.36. The van der Waals surface area contributed by atoms with Gasteiger partial charge in [-0.25, -0.2) is 0 Å². The normalized spacial score (nSPS) is 31.2. The molecule has 0 N–H and O–H groups in total. The minimum Gasteiger partial charge on any atom is -0.300 e. The molecular weight excluding hydrogens is 212 g/mol. The number of piperidine rings is 1. The zero-order chi connectivity index (χ0) is 10.8. The fraction of sp³-hybridized carbons (Fsp3) is 0.818. The summed E-state index contributed by atoms with van der Waals surface area (Å²) in [5.74, 6) is 1.79. The third-order valence-electron chi connectivity index (χ3n) is 3.28. The van der Waals surface area contributed by atoms with E-state index in [1.54, 1.807) is 0 Å². The number of aliphatic imine (C=N–C) groups is 1. The number of hydrogen-bond donors (Lipinski definition) is 0. The summed E-state index contributed by atoms with van der Waals surface area (Å²) in [4.78, 5) is 18.6. The first-order chi connectivity index (χ1) is 7.24. The summed E-state index contributed by atoms with van der Waals surface area (Å²) in [5, 5.41) is 0. The summed E-state index contributed by atoms with van der Waals surface area (Å²) in [5.41, 5.74) is 0. The van der Waals surface area contributed by atoms with Crippen molar-refractivity contribution in [1.29, 1.82) is 0 Å². The van der Waals surface area contributed by atoms with Crippen LogP contribution in [0.1, 0.15) is 32.6 Å². The molecule has 0 radical (unpaired) electrons. The molecular formula is C11H17ClN2O. The van der Waals surface area contributed by atoms with Crippen LogP contribution in [0.4, 0.5) is 0 Å². The molecule has 2 atom stereocenters. The SMILES string of the molecule is C[C@H]1N=C2CCCCN2C(=O)[C@@H]1CCCl. The van der Waals surface area contributed by atoms with E-state index in [4.69, 9.17) is 11.6 Å². The Balaban J connectivity index is 2.19. The second-order valence-electron chi connectivity index (χ2n) is 4.32. The van der Waals surface area contributed by atoms with Crippen LogP contribution >= 0.6 is 11.6 Å². The fourth-order valence-electron chi connectivity index (χ4n) is 2.40. The average molecular weight is 229 g/mol. The van der Waals surface area contributed by atoms with Gasteiger partial charge in [0.2, 0.25) is 5.91 Å². The van der Waals surface area contributed by atoms with Crippen molar-refractivity contribution in [1.82, 2.24) is 4.90 Å². The van der Waals surface area contributed by atoms with Crippen molar-refractivity contribution in [3.05, 3.63) is 0 Å². The van der Waals surface area contributed by atoms with E-state index in [1.807, 2.05) is 11.8 Å². The summed E-state index contributed by atoms with van der Waals surface area (Å²) < 4.78 is 0. The molecule has 4 heteroatoms. The van der Waals surface area contributed by atoms with Crippen molar-refractivity contribution in [2.75, 3.05) is 12.4 Å². The van der Waals surface area contributed by atoms with E-state index < -0.39 is 0 Å². The predicted octanol–water partition coefficient (Wildman–Crippen LogP) is 2.04. The van der Waals surface area contributed by atoms with E-state index in [0.29, 0.717) is 5.88 Å². The second-order valence-corrected chi connectivity index (χ2v) is 4.70. The van der Waals surface area contributed by atoms with Gasteiger partial charge in [0.1, 0.15) is 5.84 Å². The number of carbonyl (C=O) groups is 1. The van der Waals surface area contributed by atoms with Crippen molar-refractivity contribution >= 4 is 23.3 Å². The summed E-state index contributed by atoms with van der Waals surface area (Å²) in [7, 11) is 0. The van der Waals surface area contributed by atoms with Crippen molar-refractivity contribution in [3.63, 3.8) is 0 Å². The number of amides is 1. The Bertz CT molecular complexity index is 290. The van der Waals surface area contributed by atoms with Crippen LogP contribution in [0.15, 0.2) is 4.99 Å². The van der Waals surface area contributed by atoms with Crippen molar-refractivity contribution in [3.8, 4) is 0 Å². The Morgan fingerprint density at radius 2 is 2.33 bits per heavy atom. The van der Waals surface area contributed by atoms with Crippen molar-refractivity contribution in [2.24, 2.45) is 10.9 Å². The molecule has 0 bridgehead atoms. The molecule has 15 heavy (non-hydrogen) atoms.